The molecule has 2 aromatic rings. The Hall–Kier alpha value is -2.15. The molecule has 0 spiro atoms. The molecule has 0 radical (unpaired) electrons. The quantitative estimate of drug-likeness (QED) is 0.768. The average molecular weight is 371 g/mol. The molecule has 0 saturated carbocycles. The van der Waals surface area contributed by atoms with E-state index in [1.165, 1.54) is 5.56 Å². The van der Waals surface area contributed by atoms with Crippen molar-refractivity contribution >= 4 is 0 Å². The number of benzene rings is 1. The third-order valence-corrected chi connectivity index (χ3v) is 5.10. The van der Waals surface area contributed by atoms with Gasteiger partial charge in [-0.05, 0) is 41.8 Å². The van der Waals surface area contributed by atoms with Gasteiger partial charge in [-0.25, -0.2) is 0 Å². The highest BCUT2D eigenvalue weighted by Crippen LogP contribution is 2.25. The summed E-state index contributed by atoms with van der Waals surface area (Å²) in [5, 5.41) is 9.55. The summed E-state index contributed by atoms with van der Waals surface area (Å²) >= 11 is 0. The molecule has 1 fully saturated rings. The van der Waals surface area contributed by atoms with Gasteiger partial charge in [0, 0.05) is 63.8 Å². The van der Waals surface area contributed by atoms with Crippen LogP contribution in [0.3, 0.4) is 0 Å². The molecule has 6 heteroatoms. The molecule has 0 bridgehead atoms. The van der Waals surface area contributed by atoms with E-state index in [2.05, 4.69) is 39.0 Å². The molecule has 1 aliphatic heterocycles. The van der Waals surface area contributed by atoms with Gasteiger partial charge in [0.25, 0.3) is 0 Å². The second-order valence-corrected chi connectivity index (χ2v) is 6.95. The van der Waals surface area contributed by atoms with Crippen molar-refractivity contribution in [1.82, 2.24) is 14.8 Å². The number of rotatable bonds is 8. The van der Waals surface area contributed by atoms with E-state index >= 15 is 0 Å². The van der Waals surface area contributed by atoms with E-state index in [1.54, 1.807) is 14.2 Å². The number of ether oxygens (including phenoxy) is 2. The minimum atomic E-state index is 0.200. The van der Waals surface area contributed by atoms with Crippen LogP contribution in [0.4, 0.5) is 0 Å². The van der Waals surface area contributed by atoms with Crippen LogP contribution < -0.4 is 9.47 Å². The van der Waals surface area contributed by atoms with E-state index in [-0.39, 0.29) is 6.61 Å². The fraction of sp³-hybridized carbons (Fsp3) is 0.476. The van der Waals surface area contributed by atoms with E-state index < -0.39 is 0 Å². The first-order valence-electron chi connectivity index (χ1n) is 9.40. The number of nitrogens with zero attached hydrogens (tertiary/aromatic N) is 3. The molecule has 6 nitrogen and oxygen atoms in total. The van der Waals surface area contributed by atoms with E-state index in [0.717, 1.165) is 56.2 Å². The fourth-order valence-corrected chi connectivity index (χ4v) is 3.67. The summed E-state index contributed by atoms with van der Waals surface area (Å²) in [6, 6.07) is 10.5. The molecule has 1 N–H and O–H groups in total. The van der Waals surface area contributed by atoms with Crippen molar-refractivity contribution < 1.29 is 14.6 Å². The summed E-state index contributed by atoms with van der Waals surface area (Å²) in [4.78, 5) is 9.00. The molecule has 1 aliphatic rings. The number of methoxy groups -OCH3 is 2. The second-order valence-electron chi connectivity index (χ2n) is 6.95. The molecule has 2 heterocycles. The van der Waals surface area contributed by atoms with Gasteiger partial charge < -0.3 is 14.6 Å². The van der Waals surface area contributed by atoms with Gasteiger partial charge in [-0.15, -0.1) is 0 Å². The van der Waals surface area contributed by atoms with Gasteiger partial charge in [0.2, 0.25) is 0 Å². The Bertz CT molecular complexity index is 689. The molecular formula is C21H29N3O3. The molecule has 146 valence electrons. The standard InChI is InChI=1S/C21H29N3O3/c1-26-20-11-18(12-21(13-20)27-2)15-24-9-8-23(16-19(24)5-10-25)14-17-3-6-22-7-4-17/h3-4,6-7,11-13,19,25H,5,8-10,14-16H2,1-2H3. The molecule has 3 rings (SSSR count). The lowest BCUT2D eigenvalue weighted by Gasteiger charge is -2.41. The van der Waals surface area contributed by atoms with E-state index in [0.29, 0.717) is 6.04 Å². The Balaban J connectivity index is 1.67. The normalized spacial score (nSPS) is 18.4. The Kier molecular flexibility index (Phi) is 7.04. The van der Waals surface area contributed by atoms with E-state index in [1.807, 2.05) is 18.5 Å². The number of pyridine rings is 1. The van der Waals surface area contributed by atoms with Crippen molar-refractivity contribution in [2.24, 2.45) is 0 Å². The third-order valence-electron chi connectivity index (χ3n) is 5.10. The summed E-state index contributed by atoms with van der Waals surface area (Å²) in [6.07, 6.45) is 4.45. The minimum Gasteiger partial charge on any atom is -0.497 e. The van der Waals surface area contributed by atoms with Crippen LogP contribution in [0.15, 0.2) is 42.7 Å². The van der Waals surface area contributed by atoms with Crippen LogP contribution >= 0.6 is 0 Å². The van der Waals surface area contributed by atoms with Gasteiger partial charge >= 0.3 is 0 Å². The minimum absolute atomic E-state index is 0.200. The Morgan fingerprint density at radius 2 is 1.70 bits per heavy atom. The highest BCUT2D eigenvalue weighted by molar-refractivity contribution is 5.38. The summed E-state index contributed by atoms with van der Waals surface area (Å²) in [5.74, 6) is 1.61. The predicted molar refractivity (Wildman–Crippen MR) is 105 cm³/mol. The van der Waals surface area contributed by atoms with Crippen molar-refractivity contribution in [3.8, 4) is 11.5 Å². The molecule has 1 unspecified atom stereocenters. The Morgan fingerprint density at radius 1 is 1.00 bits per heavy atom. The van der Waals surface area contributed by atoms with Crippen LogP contribution in [-0.4, -0.2) is 66.4 Å². The zero-order valence-electron chi connectivity index (χ0n) is 16.2. The SMILES string of the molecule is COc1cc(CN2CCN(Cc3ccncc3)CC2CCO)cc(OC)c1. The lowest BCUT2D eigenvalue weighted by Crippen LogP contribution is -2.52. The highest BCUT2D eigenvalue weighted by atomic mass is 16.5. The van der Waals surface area contributed by atoms with Crippen LogP contribution in [0.2, 0.25) is 0 Å². The lowest BCUT2D eigenvalue weighted by atomic mass is 10.1. The summed E-state index contributed by atoms with van der Waals surface area (Å²) in [7, 11) is 3.34. The number of aliphatic hydroxyl groups excluding tert-OH is 1. The Labute approximate surface area is 161 Å². The summed E-state index contributed by atoms with van der Waals surface area (Å²) in [6.45, 7) is 4.86. The largest absolute Gasteiger partial charge is 0.497 e. The number of hydrogen-bond acceptors (Lipinski definition) is 6. The number of hydrogen-bond donors (Lipinski definition) is 1. The van der Waals surface area contributed by atoms with Crippen LogP contribution in [0, 0.1) is 0 Å². The van der Waals surface area contributed by atoms with E-state index in [9.17, 15) is 5.11 Å². The maximum Gasteiger partial charge on any atom is 0.122 e. The van der Waals surface area contributed by atoms with Gasteiger partial charge in [0.05, 0.1) is 14.2 Å². The van der Waals surface area contributed by atoms with Crippen LogP contribution in [-0.2, 0) is 13.1 Å². The van der Waals surface area contributed by atoms with Crippen molar-refractivity contribution in [2.45, 2.75) is 25.6 Å². The average Bonchev–Trinajstić information content (AvgIpc) is 2.70. The van der Waals surface area contributed by atoms with Crippen LogP contribution in [0.1, 0.15) is 17.5 Å². The van der Waals surface area contributed by atoms with Crippen molar-refractivity contribution in [1.29, 1.82) is 0 Å². The highest BCUT2D eigenvalue weighted by Gasteiger charge is 2.26. The van der Waals surface area contributed by atoms with Gasteiger partial charge in [0.15, 0.2) is 0 Å². The molecule has 1 aromatic heterocycles. The monoisotopic (exact) mass is 371 g/mol. The van der Waals surface area contributed by atoms with Crippen molar-refractivity contribution in [2.75, 3.05) is 40.5 Å². The second kappa shape index (κ2) is 9.69. The zero-order chi connectivity index (χ0) is 19.1. The first-order valence-corrected chi connectivity index (χ1v) is 9.40. The van der Waals surface area contributed by atoms with Crippen LogP contribution in [0.25, 0.3) is 0 Å². The number of piperazine rings is 1. The maximum atomic E-state index is 9.55. The predicted octanol–water partition coefficient (Wildman–Crippen LogP) is 2.17. The zero-order valence-corrected chi connectivity index (χ0v) is 16.2. The Morgan fingerprint density at radius 3 is 2.33 bits per heavy atom. The van der Waals surface area contributed by atoms with E-state index in [4.69, 9.17) is 9.47 Å². The van der Waals surface area contributed by atoms with Crippen LogP contribution in [0.5, 0.6) is 11.5 Å². The lowest BCUT2D eigenvalue weighted by molar-refractivity contribution is 0.0499. The van der Waals surface area contributed by atoms with Gasteiger partial charge in [-0.2, -0.15) is 0 Å². The molecule has 27 heavy (non-hydrogen) atoms. The summed E-state index contributed by atoms with van der Waals surface area (Å²) in [5.41, 5.74) is 2.44. The van der Waals surface area contributed by atoms with Gasteiger partial charge in [0.1, 0.15) is 11.5 Å². The first kappa shape index (κ1) is 19.6. The topological polar surface area (TPSA) is 58.1 Å². The van der Waals surface area contributed by atoms with Crippen molar-refractivity contribution in [3.63, 3.8) is 0 Å². The molecule has 1 saturated heterocycles. The fourth-order valence-electron chi connectivity index (χ4n) is 3.67. The van der Waals surface area contributed by atoms with Gasteiger partial charge in [-0.1, -0.05) is 0 Å². The maximum absolute atomic E-state index is 9.55. The smallest absolute Gasteiger partial charge is 0.122 e. The molecular weight excluding hydrogens is 342 g/mol. The summed E-state index contributed by atoms with van der Waals surface area (Å²) < 4.78 is 10.8. The first-order chi connectivity index (χ1) is 13.2. The number of aromatic nitrogens is 1. The van der Waals surface area contributed by atoms with Gasteiger partial charge in [-0.3, -0.25) is 14.8 Å². The third kappa shape index (κ3) is 5.42. The number of aliphatic hydroxyl groups is 1. The molecule has 1 atom stereocenters. The molecule has 0 aliphatic carbocycles. The molecule has 0 amide bonds. The van der Waals surface area contributed by atoms with Crippen molar-refractivity contribution in [3.05, 3.63) is 53.9 Å². The molecule has 1 aromatic carbocycles.